The molecule has 1 saturated heterocycles. The van der Waals surface area contributed by atoms with Crippen LogP contribution in [0.15, 0.2) is 0 Å². The molecule has 4 amide bonds. The summed E-state index contributed by atoms with van der Waals surface area (Å²) >= 11 is 0. The molecule has 0 N–H and O–H groups in total. The van der Waals surface area contributed by atoms with Gasteiger partial charge in [0.05, 0.1) is 0 Å². The quantitative estimate of drug-likeness (QED) is 0.690. The van der Waals surface area contributed by atoms with Crippen LogP contribution >= 0.6 is 0 Å². The first-order valence-corrected chi connectivity index (χ1v) is 5.68. The summed E-state index contributed by atoms with van der Waals surface area (Å²) in [6.07, 6.45) is 1.50. The highest BCUT2D eigenvalue weighted by Gasteiger charge is 2.34. The Hall–Kier alpha value is -1.39. The maximum atomic E-state index is 11.5. The minimum Gasteiger partial charge on any atom is -0.274 e. The first kappa shape index (κ1) is 14.6. The van der Waals surface area contributed by atoms with Crippen molar-refractivity contribution in [1.29, 1.82) is 0 Å². The van der Waals surface area contributed by atoms with Gasteiger partial charge in [0, 0.05) is 13.6 Å². The number of unbranched alkanes of at least 4 members (excludes halogenated alkanes) is 1. The van der Waals surface area contributed by atoms with E-state index in [0.29, 0.717) is 6.54 Å². The number of rotatable bonds is 3. The molecule has 0 bridgehead atoms. The second-order valence-corrected chi connectivity index (χ2v) is 3.31. The molecule has 0 unspecified atom stereocenters. The number of amides is 4. The summed E-state index contributed by atoms with van der Waals surface area (Å²) in [7, 11) is 1.40. The van der Waals surface area contributed by atoms with Gasteiger partial charge in [0.1, 0.15) is 6.42 Å². The van der Waals surface area contributed by atoms with Crippen LogP contribution in [0.1, 0.15) is 40.0 Å². The molecular formula is C11H20N2O3. The summed E-state index contributed by atoms with van der Waals surface area (Å²) in [6.45, 7) is 6.39. The van der Waals surface area contributed by atoms with Crippen molar-refractivity contribution in [2.24, 2.45) is 0 Å². The highest BCUT2D eigenvalue weighted by Crippen LogP contribution is 2.10. The molecule has 1 aliphatic rings. The van der Waals surface area contributed by atoms with Crippen LogP contribution in [0.2, 0.25) is 0 Å². The SMILES string of the molecule is CC.CCCCN1C(=O)CC(=O)N(C)C1=O. The van der Waals surface area contributed by atoms with Crippen molar-refractivity contribution < 1.29 is 14.4 Å². The Morgan fingerprint density at radius 2 is 1.69 bits per heavy atom. The Morgan fingerprint density at radius 1 is 1.12 bits per heavy atom. The number of urea groups is 1. The molecule has 1 heterocycles. The molecule has 5 nitrogen and oxygen atoms in total. The van der Waals surface area contributed by atoms with E-state index in [2.05, 4.69) is 0 Å². The standard InChI is InChI=1S/C9H14N2O3.C2H6/c1-3-4-5-11-8(13)6-7(12)10(2)9(11)14;1-2/h3-6H2,1-2H3;1-2H3. The minimum atomic E-state index is -0.500. The van der Waals surface area contributed by atoms with Crippen LogP contribution in [0.5, 0.6) is 0 Å². The highest BCUT2D eigenvalue weighted by atomic mass is 16.2. The second-order valence-electron chi connectivity index (χ2n) is 3.31. The molecule has 92 valence electrons. The molecule has 0 spiro atoms. The average molecular weight is 228 g/mol. The lowest BCUT2D eigenvalue weighted by Gasteiger charge is -2.30. The fraction of sp³-hybridized carbons (Fsp3) is 0.727. The number of hydrogen-bond donors (Lipinski definition) is 0. The van der Waals surface area contributed by atoms with E-state index in [-0.39, 0.29) is 12.3 Å². The van der Waals surface area contributed by atoms with Crippen LogP contribution in [-0.2, 0) is 9.59 Å². The van der Waals surface area contributed by atoms with Gasteiger partial charge < -0.3 is 0 Å². The van der Waals surface area contributed by atoms with Gasteiger partial charge in [-0.15, -0.1) is 0 Å². The van der Waals surface area contributed by atoms with E-state index < -0.39 is 11.9 Å². The normalized spacial score (nSPS) is 16.1. The van der Waals surface area contributed by atoms with E-state index in [1.54, 1.807) is 0 Å². The zero-order valence-electron chi connectivity index (χ0n) is 10.4. The van der Waals surface area contributed by atoms with E-state index in [0.717, 1.165) is 22.6 Å². The van der Waals surface area contributed by atoms with Gasteiger partial charge in [-0.2, -0.15) is 0 Å². The van der Waals surface area contributed by atoms with Crippen LogP contribution in [0.4, 0.5) is 4.79 Å². The third-order valence-corrected chi connectivity index (χ3v) is 2.23. The summed E-state index contributed by atoms with van der Waals surface area (Å²) in [5, 5.41) is 0. The molecule has 0 aliphatic carbocycles. The Labute approximate surface area is 96.4 Å². The lowest BCUT2D eigenvalue weighted by molar-refractivity contribution is -0.141. The maximum Gasteiger partial charge on any atom is 0.333 e. The average Bonchev–Trinajstić information content (AvgIpc) is 2.29. The predicted molar refractivity (Wildman–Crippen MR) is 60.8 cm³/mol. The molecule has 1 fully saturated rings. The number of carbonyl (C=O) groups excluding carboxylic acids is 3. The second kappa shape index (κ2) is 6.98. The number of nitrogens with zero attached hydrogens (tertiary/aromatic N) is 2. The smallest absolute Gasteiger partial charge is 0.274 e. The van der Waals surface area contributed by atoms with E-state index in [9.17, 15) is 14.4 Å². The van der Waals surface area contributed by atoms with E-state index in [1.165, 1.54) is 7.05 Å². The first-order chi connectivity index (χ1) is 7.57. The molecule has 0 radical (unpaired) electrons. The zero-order chi connectivity index (χ0) is 12.7. The van der Waals surface area contributed by atoms with Crippen molar-refractivity contribution in [2.75, 3.05) is 13.6 Å². The van der Waals surface area contributed by atoms with Crippen molar-refractivity contribution in [1.82, 2.24) is 9.80 Å². The van der Waals surface area contributed by atoms with Crippen molar-refractivity contribution in [3.8, 4) is 0 Å². The molecule has 0 saturated carbocycles. The van der Waals surface area contributed by atoms with E-state index in [1.807, 2.05) is 20.8 Å². The summed E-state index contributed by atoms with van der Waals surface area (Å²) in [5.41, 5.74) is 0. The number of barbiturate groups is 1. The first-order valence-electron chi connectivity index (χ1n) is 5.68. The van der Waals surface area contributed by atoms with Gasteiger partial charge in [0.25, 0.3) is 0 Å². The molecule has 1 rings (SSSR count). The van der Waals surface area contributed by atoms with Crippen LogP contribution in [0.25, 0.3) is 0 Å². The third kappa shape index (κ3) is 3.32. The van der Waals surface area contributed by atoms with Gasteiger partial charge in [0.2, 0.25) is 11.8 Å². The molecule has 16 heavy (non-hydrogen) atoms. The molecule has 0 aromatic heterocycles. The highest BCUT2D eigenvalue weighted by molar-refractivity contribution is 6.13. The van der Waals surface area contributed by atoms with Crippen LogP contribution < -0.4 is 0 Å². The number of imide groups is 2. The number of carbonyl (C=O) groups is 3. The Bertz CT molecular complexity index is 276. The van der Waals surface area contributed by atoms with Crippen molar-refractivity contribution in [3.05, 3.63) is 0 Å². The van der Waals surface area contributed by atoms with Gasteiger partial charge >= 0.3 is 6.03 Å². The van der Waals surface area contributed by atoms with E-state index in [4.69, 9.17) is 0 Å². The third-order valence-electron chi connectivity index (χ3n) is 2.23. The van der Waals surface area contributed by atoms with Crippen LogP contribution in [0, 0.1) is 0 Å². The van der Waals surface area contributed by atoms with Crippen molar-refractivity contribution in [3.63, 3.8) is 0 Å². The van der Waals surface area contributed by atoms with Gasteiger partial charge in [-0.05, 0) is 6.42 Å². The minimum absolute atomic E-state index is 0.189. The van der Waals surface area contributed by atoms with Crippen LogP contribution in [0.3, 0.4) is 0 Å². The molecule has 0 atom stereocenters. The van der Waals surface area contributed by atoms with Crippen molar-refractivity contribution >= 4 is 17.8 Å². The van der Waals surface area contributed by atoms with Gasteiger partial charge in [-0.3, -0.25) is 19.4 Å². The van der Waals surface area contributed by atoms with Crippen molar-refractivity contribution in [2.45, 2.75) is 40.0 Å². The predicted octanol–water partition coefficient (Wildman–Crippen LogP) is 1.62. The Morgan fingerprint density at radius 3 is 2.19 bits per heavy atom. The summed E-state index contributed by atoms with van der Waals surface area (Å²) in [6, 6.07) is -0.500. The van der Waals surface area contributed by atoms with E-state index >= 15 is 0 Å². The maximum absolute atomic E-state index is 11.5. The summed E-state index contributed by atoms with van der Waals surface area (Å²) in [5.74, 6) is -0.806. The monoisotopic (exact) mass is 228 g/mol. The van der Waals surface area contributed by atoms with Gasteiger partial charge in [0.15, 0.2) is 0 Å². The van der Waals surface area contributed by atoms with Crippen LogP contribution in [-0.4, -0.2) is 41.2 Å². The molecule has 0 aromatic rings. The van der Waals surface area contributed by atoms with Gasteiger partial charge in [-0.1, -0.05) is 27.2 Å². The zero-order valence-corrected chi connectivity index (χ0v) is 10.4. The topological polar surface area (TPSA) is 57.7 Å². The fourth-order valence-electron chi connectivity index (χ4n) is 1.27. The summed E-state index contributed by atoms with van der Waals surface area (Å²) in [4.78, 5) is 36.0. The number of hydrogen-bond acceptors (Lipinski definition) is 3. The lowest BCUT2D eigenvalue weighted by atomic mass is 10.2. The molecular weight excluding hydrogens is 208 g/mol. The molecule has 1 aliphatic heterocycles. The largest absolute Gasteiger partial charge is 0.333 e. The Balaban J connectivity index is 0.00000106. The van der Waals surface area contributed by atoms with Gasteiger partial charge in [-0.25, -0.2) is 4.79 Å². The molecule has 0 aromatic carbocycles. The Kier molecular flexibility index (Phi) is 6.37. The molecule has 5 heteroatoms. The summed E-state index contributed by atoms with van der Waals surface area (Å²) < 4.78 is 0. The lowest BCUT2D eigenvalue weighted by Crippen LogP contribution is -2.53. The fourth-order valence-corrected chi connectivity index (χ4v) is 1.27.